The predicted octanol–water partition coefficient (Wildman–Crippen LogP) is 5.69. The van der Waals surface area contributed by atoms with Gasteiger partial charge in [-0.25, -0.2) is 0 Å². The van der Waals surface area contributed by atoms with Gasteiger partial charge in [0.25, 0.3) is 0 Å². The summed E-state index contributed by atoms with van der Waals surface area (Å²) in [5, 5.41) is 6.20. The summed E-state index contributed by atoms with van der Waals surface area (Å²) < 4.78 is 6.12. The lowest BCUT2D eigenvalue weighted by atomic mass is 10.0. The Morgan fingerprint density at radius 3 is 2.61 bits per heavy atom. The normalized spacial score (nSPS) is 12.5. The van der Waals surface area contributed by atoms with E-state index in [-0.39, 0.29) is 0 Å². The molecule has 0 aliphatic rings. The fourth-order valence-corrected chi connectivity index (χ4v) is 2.77. The lowest BCUT2D eigenvalue weighted by molar-refractivity contribution is 0.301. The zero-order valence-electron chi connectivity index (χ0n) is 14.9. The van der Waals surface area contributed by atoms with Gasteiger partial charge in [-0.15, -0.1) is 0 Å². The Hall–Kier alpha value is -1.54. The smallest absolute Gasteiger partial charge is 0.124 e. The van der Waals surface area contributed by atoms with Crippen molar-refractivity contribution in [2.75, 3.05) is 6.61 Å². The highest BCUT2D eigenvalue weighted by Gasteiger charge is 2.10. The average molecular weight is 313 g/mol. The molecule has 1 unspecified atom stereocenters. The number of benzene rings is 2. The van der Waals surface area contributed by atoms with Crippen LogP contribution in [0.5, 0.6) is 5.75 Å². The minimum atomic E-state index is 0.520. The Labute approximate surface area is 141 Å². The number of hydrogen-bond acceptors (Lipinski definition) is 2. The second-order valence-corrected chi connectivity index (χ2v) is 6.36. The van der Waals surface area contributed by atoms with Gasteiger partial charge >= 0.3 is 0 Å². The zero-order valence-corrected chi connectivity index (χ0v) is 14.9. The van der Waals surface area contributed by atoms with Gasteiger partial charge < -0.3 is 10.1 Å². The molecule has 0 aliphatic heterocycles. The quantitative estimate of drug-likeness (QED) is 0.569. The minimum Gasteiger partial charge on any atom is -0.493 e. The van der Waals surface area contributed by atoms with Crippen LogP contribution in [0.15, 0.2) is 36.4 Å². The number of nitrogens with one attached hydrogen (secondary N) is 1. The maximum absolute atomic E-state index is 6.12. The Balaban J connectivity index is 2.13. The number of rotatable bonds is 10. The Kier molecular flexibility index (Phi) is 7.41. The molecule has 0 aromatic heterocycles. The van der Waals surface area contributed by atoms with Crippen molar-refractivity contribution in [2.45, 2.75) is 65.5 Å². The van der Waals surface area contributed by atoms with E-state index in [4.69, 9.17) is 4.74 Å². The van der Waals surface area contributed by atoms with Crippen LogP contribution in [0.25, 0.3) is 10.8 Å². The third kappa shape index (κ3) is 5.24. The van der Waals surface area contributed by atoms with Crippen LogP contribution in [0.2, 0.25) is 0 Å². The van der Waals surface area contributed by atoms with E-state index in [0.717, 1.165) is 31.7 Å². The molecule has 1 N–H and O–H groups in total. The Morgan fingerprint density at radius 1 is 1.00 bits per heavy atom. The molecule has 2 rings (SSSR count). The van der Waals surface area contributed by atoms with E-state index in [9.17, 15) is 0 Å². The van der Waals surface area contributed by atoms with Crippen LogP contribution in [0.4, 0.5) is 0 Å². The van der Waals surface area contributed by atoms with Crippen LogP contribution in [-0.4, -0.2) is 12.6 Å². The predicted molar refractivity (Wildman–Crippen MR) is 100 cm³/mol. The van der Waals surface area contributed by atoms with Crippen molar-refractivity contribution in [2.24, 2.45) is 0 Å². The number of hydrogen-bond donors (Lipinski definition) is 1. The molecule has 2 nitrogen and oxygen atoms in total. The van der Waals surface area contributed by atoms with Gasteiger partial charge in [0.15, 0.2) is 0 Å². The highest BCUT2D eigenvalue weighted by molar-refractivity contribution is 5.87. The summed E-state index contributed by atoms with van der Waals surface area (Å²) in [7, 11) is 0. The van der Waals surface area contributed by atoms with E-state index >= 15 is 0 Å². The summed E-state index contributed by atoms with van der Waals surface area (Å²) in [4.78, 5) is 0. The molecule has 23 heavy (non-hydrogen) atoms. The van der Waals surface area contributed by atoms with Crippen LogP contribution in [-0.2, 0) is 6.54 Å². The largest absolute Gasteiger partial charge is 0.493 e. The monoisotopic (exact) mass is 313 g/mol. The summed E-state index contributed by atoms with van der Waals surface area (Å²) in [5.74, 6) is 1.04. The molecule has 0 spiro atoms. The van der Waals surface area contributed by atoms with Crippen LogP contribution in [0.3, 0.4) is 0 Å². The first-order chi connectivity index (χ1) is 11.3. The molecule has 2 heteroatoms. The van der Waals surface area contributed by atoms with Crippen molar-refractivity contribution in [3.63, 3.8) is 0 Å². The second kappa shape index (κ2) is 9.57. The molecular weight excluding hydrogens is 282 g/mol. The fraction of sp³-hybridized carbons (Fsp3) is 0.524. The van der Waals surface area contributed by atoms with Gasteiger partial charge in [0, 0.05) is 18.2 Å². The molecule has 0 bridgehead atoms. The molecule has 0 aliphatic carbocycles. The van der Waals surface area contributed by atoms with Crippen molar-refractivity contribution >= 4 is 10.8 Å². The van der Waals surface area contributed by atoms with Gasteiger partial charge in [-0.3, -0.25) is 0 Å². The van der Waals surface area contributed by atoms with E-state index in [2.05, 4.69) is 62.5 Å². The lowest BCUT2D eigenvalue weighted by Crippen LogP contribution is -2.24. The van der Waals surface area contributed by atoms with Gasteiger partial charge in [-0.05, 0) is 36.6 Å². The van der Waals surface area contributed by atoms with Gasteiger partial charge in [-0.1, -0.05) is 63.4 Å². The maximum atomic E-state index is 6.12. The average Bonchev–Trinajstić information content (AvgIpc) is 2.59. The molecule has 0 radical (unpaired) electrons. The molecule has 0 saturated carbocycles. The molecule has 2 aromatic rings. The number of fused-ring (bicyclic) bond motifs is 1. The Bertz CT molecular complexity index is 593. The van der Waals surface area contributed by atoms with Gasteiger partial charge in [0.1, 0.15) is 5.75 Å². The van der Waals surface area contributed by atoms with Crippen LogP contribution < -0.4 is 10.1 Å². The van der Waals surface area contributed by atoms with Gasteiger partial charge in [-0.2, -0.15) is 0 Å². The Morgan fingerprint density at radius 2 is 1.83 bits per heavy atom. The zero-order chi connectivity index (χ0) is 16.5. The first-order valence-corrected chi connectivity index (χ1v) is 9.13. The molecule has 0 fully saturated rings. The van der Waals surface area contributed by atoms with Gasteiger partial charge in [0.2, 0.25) is 0 Å². The number of unbranched alkanes of at least 4 members (excludes halogenated alkanes) is 3. The van der Waals surface area contributed by atoms with Crippen molar-refractivity contribution in [3.05, 3.63) is 42.0 Å². The molecule has 2 aromatic carbocycles. The SMILES string of the molecule is CCCCCCOc1ccc2ccccc2c1CNC(C)CC. The highest BCUT2D eigenvalue weighted by Crippen LogP contribution is 2.28. The van der Waals surface area contributed by atoms with E-state index in [1.165, 1.54) is 35.6 Å². The molecule has 0 amide bonds. The maximum Gasteiger partial charge on any atom is 0.124 e. The topological polar surface area (TPSA) is 21.3 Å². The van der Waals surface area contributed by atoms with Crippen molar-refractivity contribution in [1.29, 1.82) is 0 Å². The first-order valence-electron chi connectivity index (χ1n) is 9.13. The molecule has 126 valence electrons. The van der Waals surface area contributed by atoms with Crippen LogP contribution in [0, 0.1) is 0 Å². The minimum absolute atomic E-state index is 0.520. The standard InChI is InChI=1S/C21H31NO/c1-4-6-7-10-15-23-21-14-13-18-11-8-9-12-19(18)20(21)16-22-17(3)5-2/h8-9,11-14,17,22H,4-7,10,15-16H2,1-3H3. The molecule has 0 heterocycles. The number of ether oxygens (including phenoxy) is 1. The van der Waals surface area contributed by atoms with Crippen molar-refractivity contribution < 1.29 is 4.74 Å². The van der Waals surface area contributed by atoms with E-state index in [1.54, 1.807) is 0 Å². The third-order valence-corrected chi connectivity index (χ3v) is 4.49. The highest BCUT2D eigenvalue weighted by atomic mass is 16.5. The van der Waals surface area contributed by atoms with Gasteiger partial charge in [0.05, 0.1) is 6.61 Å². The third-order valence-electron chi connectivity index (χ3n) is 4.49. The fourth-order valence-electron chi connectivity index (χ4n) is 2.77. The van der Waals surface area contributed by atoms with E-state index in [0.29, 0.717) is 6.04 Å². The lowest BCUT2D eigenvalue weighted by Gasteiger charge is -2.17. The molecular formula is C21H31NO. The van der Waals surface area contributed by atoms with Crippen LogP contribution >= 0.6 is 0 Å². The molecule has 0 saturated heterocycles. The van der Waals surface area contributed by atoms with E-state index < -0.39 is 0 Å². The first kappa shape index (κ1) is 17.8. The summed E-state index contributed by atoms with van der Waals surface area (Å²) in [6.45, 7) is 8.36. The molecule has 1 atom stereocenters. The summed E-state index contributed by atoms with van der Waals surface area (Å²) in [6, 6.07) is 13.4. The van der Waals surface area contributed by atoms with Crippen molar-refractivity contribution in [1.82, 2.24) is 5.32 Å². The van der Waals surface area contributed by atoms with E-state index in [1.807, 2.05) is 0 Å². The summed E-state index contributed by atoms with van der Waals surface area (Å²) >= 11 is 0. The summed E-state index contributed by atoms with van der Waals surface area (Å²) in [6.07, 6.45) is 6.09. The van der Waals surface area contributed by atoms with Crippen molar-refractivity contribution in [3.8, 4) is 5.75 Å². The second-order valence-electron chi connectivity index (χ2n) is 6.36. The van der Waals surface area contributed by atoms with Crippen LogP contribution in [0.1, 0.15) is 58.4 Å². The summed E-state index contributed by atoms with van der Waals surface area (Å²) in [5.41, 5.74) is 1.29.